The highest BCUT2D eigenvalue weighted by Crippen LogP contribution is 2.39. The number of ether oxygens (including phenoxy) is 1. The van der Waals surface area contributed by atoms with Crippen LogP contribution in [0.4, 0.5) is 0 Å². The summed E-state index contributed by atoms with van der Waals surface area (Å²) in [6, 6.07) is 0.815. The molecule has 0 unspecified atom stereocenters. The van der Waals surface area contributed by atoms with E-state index in [0.29, 0.717) is 0 Å². The molecule has 3 rings (SSSR count). The van der Waals surface area contributed by atoms with Crippen LogP contribution in [0.5, 0.6) is 0 Å². The van der Waals surface area contributed by atoms with E-state index in [-0.39, 0.29) is 5.60 Å². The second kappa shape index (κ2) is 6.13. The van der Waals surface area contributed by atoms with Crippen LogP contribution >= 0.6 is 0 Å². The average Bonchev–Trinajstić information content (AvgIpc) is 3.30. The van der Waals surface area contributed by atoms with Crippen LogP contribution in [-0.2, 0) is 4.74 Å². The normalized spacial score (nSPS) is 35.5. The van der Waals surface area contributed by atoms with Gasteiger partial charge in [0.25, 0.3) is 0 Å². The van der Waals surface area contributed by atoms with Gasteiger partial charge < -0.3 is 10.1 Å². The third-order valence-electron chi connectivity index (χ3n) is 5.33. The molecule has 3 aliphatic carbocycles. The maximum Gasteiger partial charge on any atom is 0.0806 e. The highest BCUT2D eigenvalue weighted by atomic mass is 16.5. The molecule has 19 heavy (non-hydrogen) atoms. The second-order valence-corrected chi connectivity index (χ2v) is 7.32. The quantitative estimate of drug-likeness (QED) is 0.719. The Hall–Kier alpha value is -0.0800. The molecule has 0 heterocycles. The molecule has 3 saturated carbocycles. The van der Waals surface area contributed by atoms with Crippen LogP contribution in [0.3, 0.4) is 0 Å². The monoisotopic (exact) mass is 265 g/mol. The molecule has 0 saturated heterocycles. The lowest BCUT2D eigenvalue weighted by Crippen LogP contribution is -2.47. The minimum absolute atomic E-state index is 0.190. The van der Waals surface area contributed by atoms with Gasteiger partial charge in [0.15, 0.2) is 0 Å². The maximum absolute atomic E-state index is 6.44. The Morgan fingerprint density at radius 1 is 1.00 bits per heavy atom. The number of hydrogen-bond donors (Lipinski definition) is 1. The van der Waals surface area contributed by atoms with Crippen LogP contribution < -0.4 is 5.32 Å². The van der Waals surface area contributed by atoms with Crippen LogP contribution in [0, 0.1) is 11.8 Å². The van der Waals surface area contributed by atoms with Crippen molar-refractivity contribution in [3.63, 3.8) is 0 Å². The van der Waals surface area contributed by atoms with Crippen molar-refractivity contribution in [1.29, 1.82) is 0 Å². The summed E-state index contributed by atoms with van der Waals surface area (Å²) in [5.41, 5.74) is 0.190. The third-order valence-corrected chi connectivity index (χ3v) is 5.33. The van der Waals surface area contributed by atoms with E-state index in [2.05, 4.69) is 12.2 Å². The highest BCUT2D eigenvalue weighted by molar-refractivity contribution is 4.93. The van der Waals surface area contributed by atoms with Gasteiger partial charge in [0.2, 0.25) is 0 Å². The number of hydrogen-bond acceptors (Lipinski definition) is 2. The maximum atomic E-state index is 6.44. The van der Waals surface area contributed by atoms with Crippen molar-refractivity contribution in [2.24, 2.45) is 11.8 Å². The molecule has 3 aliphatic rings. The van der Waals surface area contributed by atoms with Crippen molar-refractivity contribution in [3.05, 3.63) is 0 Å². The zero-order valence-electron chi connectivity index (χ0n) is 12.6. The summed E-state index contributed by atoms with van der Waals surface area (Å²) in [4.78, 5) is 0. The summed E-state index contributed by atoms with van der Waals surface area (Å²) < 4.78 is 6.44. The molecule has 0 radical (unpaired) electrons. The lowest BCUT2D eigenvalue weighted by atomic mass is 9.77. The van der Waals surface area contributed by atoms with E-state index < -0.39 is 0 Å². The molecule has 0 aromatic heterocycles. The van der Waals surface area contributed by atoms with E-state index in [9.17, 15) is 0 Å². The van der Waals surface area contributed by atoms with Crippen molar-refractivity contribution < 1.29 is 4.74 Å². The van der Waals surface area contributed by atoms with Crippen LogP contribution in [0.2, 0.25) is 0 Å². The molecule has 1 N–H and O–H groups in total. The van der Waals surface area contributed by atoms with E-state index in [4.69, 9.17) is 4.74 Å². The summed E-state index contributed by atoms with van der Waals surface area (Å²) in [5.74, 6) is 1.87. The van der Waals surface area contributed by atoms with Crippen molar-refractivity contribution >= 4 is 0 Å². The van der Waals surface area contributed by atoms with Gasteiger partial charge in [-0.3, -0.25) is 0 Å². The van der Waals surface area contributed by atoms with Crippen molar-refractivity contribution in [2.45, 2.75) is 82.8 Å². The molecule has 2 heteroatoms. The first-order chi connectivity index (χ1) is 9.30. The topological polar surface area (TPSA) is 21.3 Å². The third kappa shape index (κ3) is 4.19. The summed E-state index contributed by atoms with van der Waals surface area (Å²) >= 11 is 0. The van der Waals surface area contributed by atoms with Gasteiger partial charge in [0, 0.05) is 12.6 Å². The Labute approximate surface area is 118 Å². The highest BCUT2D eigenvalue weighted by Gasteiger charge is 2.38. The van der Waals surface area contributed by atoms with Gasteiger partial charge in [0.1, 0.15) is 0 Å². The largest absolute Gasteiger partial charge is 0.373 e. The zero-order valence-corrected chi connectivity index (χ0v) is 12.6. The minimum atomic E-state index is 0.190. The number of rotatable bonds is 8. The van der Waals surface area contributed by atoms with Gasteiger partial charge >= 0.3 is 0 Å². The van der Waals surface area contributed by atoms with Crippen LogP contribution in [0.15, 0.2) is 0 Å². The second-order valence-electron chi connectivity index (χ2n) is 7.32. The first-order valence-corrected chi connectivity index (χ1v) is 8.67. The Morgan fingerprint density at radius 3 is 2.32 bits per heavy atom. The molecule has 110 valence electrons. The Balaban J connectivity index is 1.49. The molecule has 0 aromatic rings. The van der Waals surface area contributed by atoms with Crippen LogP contribution in [0.1, 0.15) is 71.1 Å². The first kappa shape index (κ1) is 13.9. The minimum Gasteiger partial charge on any atom is -0.373 e. The molecule has 0 spiro atoms. The van der Waals surface area contributed by atoms with Gasteiger partial charge in [-0.1, -0.05) is 19.8 Å². The Morgan fingerprint density at radius 2 is 1.74 bits per heavy atom. The standard InChI is InChI=1S/C17H31NO/c1-2-3-14-8-10-17(11-9-14,13-18-16-6-7-16)19-12-15-4-5-15/h14-16,18H,2-13H2,1H3. The Bertz CT molecular complexity index is 257. The summed E-state index contributed by atoms with van der Waals surface area (Å²) in [5, 5.41) is 3.73. The molecule has 0 aromatic carbocycles. The van der Waals surface area contributed by atoms with Crippen molar-refractivity contribution in [3.8, 4) is 0 Å². The summed E-state index contributed by atoms with van der Waals surface area (Å²) in [7, 11) is 0. The van der Waals surface area contributed by atoms with Gasteiger partial charge in [-0.05, 0) is 63.2 Å². The van der Waals surface area contributed by atoms with Gasteiger partial charge in [-0.25, -0.2) is 0 Å². The molecule has 0 bridgehead atoms. The smallest absolute Gasteiger partial charge is 0.0806 e. The van der Waals surface area contributed by atoms with Gasteiger partial charge in [0.05, 0.1) is 12.2 Å². The fraction of sp³-hybridized carbons (Fsp3) is 1.00. The molecular weight excluding hydrogens is 234 g/mol. The summed E-state index contributed by atoms with van der Waals surface area (Å²) in [6.07, 6.45) is 13.7. The molecular formula is C17H31NO. The van der Waals surface area contributed by atoms with E-state index in [1.54, 1.807) is 0 Å². The molecule has 0 atom stereocenters. The fourth-order valence-corrected chi connectivity index (χ4v) is 3.47. The van der Waals surface area contributed by atoms with Gasteiger partial charge in [-0.15, -0.1) is 0 Å². The lowest BCUT2D eigenvalue weighted by Gasteiger charge is -2.40. The molecule has 0 amide bonds. The van der Waals surface area contributed by atoms with Crippen molar-refractivity contribution in [1.82, 2.24) is 5.32 Å². The van der Waals surface area contributed by atoms with Crippen LogP contribution in [0.25, 0.3) is 0 Å². The van der Waals surface area contributed by atoms with Gasteiger partial charge in [-0.2, -0.15) is 0 Å². The molecule has 2 nitrogen and oxygen atoms in total. The lowest BCUT2D eigenvalue weighted by molar-refractivity contribution is -0.0811. The summed E-state index contributed by atoms with van der Waals surface area (Å²) in [6.45, 7) is 4.47. The van der Waals surface area contributed by atoms with E-state index in [0.717, 1.165) is 31.0 Å². The number of nitrogens with one attached hydrogen (secondary N) is 1. The van der Waals surface area contributed by atoms with Crippen molar-refractivity contribution in [2.75, 3.05) is 13.2 Å². The van der Waals surface area contributed by atoms with Crippen LogP contribution in [-0.4, -0.2) is 24.8 Å². The Kier molecular flexibility index (Phi) is 4.48. The SMILES string of the molecule is CCCC1CCC(CNC2CC2)(OCC2CC2)CC1. The first-order valence-electron chi connectivity index (χ1n) is 8.67. The van der Waals surface area contributed by atoms with E-state index in [1.807, 2.05) is 0 Å². The molecule has 3 fully saturated rings. The van der Waals surface area contributed by atoms with E-state index >= 15 is 0 Å². The zero-order chi connectivity index (χ0) is 13.1. The predicted octanol–water partition coefficient (Wildman–Crippen LogP) is 3.89. The average molecular weight is 265 g/mol. The van der Waals surface area contributed by atoms with E-state index in [1.165, 1.54) is 64.2 Å². The predicted molar refractivity (Wildman–Crippen MR) is 79.3 cm³/mol. The fourth-order valence-electron chi connectivity index (χ4n) is 3.47. The molecule has 0 aliphatic heterocycles.